The summed E-state index contributed by atoms with van der Waals surface area (Å²) in [6, 6.07) is 8.86. The van der Waals surface area contributed by atoms with Crippen LogP contribution in [0.4, 0.5) is 13.2 Å². The zero-order chi connectivity index (χ0) is 27.2. The fourth-order valence-electron chi connectivity index (χ4n) is 4.88. The van der Waals surface area contributed by atoms with Gasteiger partial charge in [-0.2, -0.15) is 13.2 Å². The van der Waals surface area contributed by atoms with Crippen LogP contribution in [0.25, 0.3) is 0 Å². The van der Waals surface area contributed by atoms with Gasteiger partial charge in [0.05, 0.1) is 13.0 Å². The molecule has 11 heteroatoms. The first-order valence-corrected chi connectivity index (χ1v) is 11.1. The van der Waals surface area contributed by atoms with Crippen LogP contribution in [-0.2, 0) is 29.4 Å². The molecule has 0 saturated heterocycles. The number of methoxy groups -OCH3 is 2. The lowest BCUT2D eigenvalue weighted by molar-refractivity contribution is -0.280. The molecule has 1 aliphatic heterocycles. The van der Waals surface area contributed by atoms with Crippen molar-refractivity contribution in [2.75, 3.05) is 14.2 Å². The number of allylic oxidation sites excluding steroid dienone is 1. The first-order valence-electron chi connectivity index (χ1n) is 11.1. The summed E-state index contributed by atoms with van der Waals surface area (Å²) in [5.41, 5.74) is -6.17. The molecule has 0 bridgehead atoms. The Labute approximate surface area is 209 Å². The first-order chi connectivity index (χ1) is 17.4. The number of phenolic OH excluding ortho intramolecular Hbond substituents is 1. The molecule has 0 unspecified atom stereocenters. The predicted molar refractivity (Wildman–Crippen MR) is 121 cm³/mol. The van der Waals surface area contributed by atoms with Crippen molar-refractivity contribution in [1.82, 2.24) is 0 Å². The van der Waals surface area contributed by atoms with E-state index >= 15 is 0 Å². The van der Waals surface area contributed by atoms with Gasteiger partial charge in [-0.15, -0.1) is 0 Å². The zero-order valence-corrected chi connectivity index (χ0v) is 20.0. The van der Waals surface area contributed by atoms with Crippen LogP contribution in [0.1, 0.15) is 27.9 Å². The summed E-state index contributed by atoms with van der Waals surface area (Å²) in [6.45, 7) is 1.60. The van der Waals surface area contributed by atoms with Crippen molar-refractivity contribution >= 4 is 17.7 Å². The highest BCUT2D eigenvalue weighted by Gasteiger charge is 2.68. The Hall–Kier alpha value is -3.86. The van der Waals surface area contributed by atoms with Gasteiger partial charge in [0.1, 0.15) is 17.1 Å². The molecule has 0 fully saturated rings. The molecule has 0 radical (unpaired) electrons. The Morgan fingerprint density at radius 1 is 1.14 bits per heavy atom. The number of fused-ring (bicyclic) bond motifs is 2. The summed E-state index contributed by atoms with van der Waals surface area (Å²) in [7, 11) is 1.71. The summed E-state index contributed by atoms with van der Waals surface area (Å²) >= 11 is 0. The number of alkyl halides is 3. The Balaban J connectivity index is 1.85. The number of halogens is 3. The topological polar surface area (TPSA) is 108 Å². The SMILES string of the molecule is COC(=O)[C@@]12Oc3cc(C)cc(O)c3C(=O)[C@@H]1CC=C[C@@H]2OC(=O)[C@](OC)(c1ccccc1)C(F)(F)F. The van der Waals surface area contributed by atoms with Gasteiger partial charge in [-0.25, -0.2) is 9.59 Å². The number of rotatable bonds is 5. The molecule has 0 saturated carbocycles. The van der Waals surface area contributed by atoms with Crippen LogP contribution in [0.2, 0.25) is 0 Å². The number of esters is 2. The minimum atomic E-state index is -5.27. The highest BCUT2D eigenvalue weighted by atomic mass is 19.4. The predicted octanol–water partition coefficient (Wildman–Crippen LogP) is 3.78. The summed E-state index contributed by atoms with van der Waals surface area (Å²) < 4.78 is 64.2. The van der Waals surface area contributed by atoms with Crippen LogP contribution in [-0.4, -0.2) is 54.9 Å². The van der Waals surface area contributed by atoms with Crippen LogP contribution >= 0.6 is 0 Å². The Morgan fingerprint density at radius 2 is 1.81 bits per heavy atom. The van der Waals surface area contributed by atoms with Crippen LogP contribution in [0.5, 0.6) is 11.5 Å². The van der Waals surface area contributed by atoms with Gasteiger partial charge < -0.3 is 24.1 Å². The maximum absolute atomic E-state index is 14.4. The van der Waals surface area contributed by atoms with E-state index < -0.39 is 52.7 Å². The summed E-state index contributed by atoms with van der Waals surface area (Å²) in [4.78, 5) is 40.0. The quantitative estimate of drug-likeness (QED) is 0.469. The van der Waals surface area contributed by atoms with Gasteiger partial charge in [0, 0.05) is 12.7 Å². The average molecular weight is 520 g/mol. The number of aromatic hydroxyl groups is 1. The van der Waals surface area contributed by atoms with Crippen molar-refractivity contribution in [2.24, 2.45) is 5.92 Å². The number of Topliss-reactive ketones (excluding diaryl/α,β-unsaturated/α-hetero) is 1. The van der Waals surface area contributed by atoms with E-state index in [4.69, 9.17) is 18.9 Å². The zero-order valence-electron chi connectivity index (χ0n) is 20.0. The molecular weight excluding hydrogens is 497 g/mol. The van der Waals surface area contributed by atoms with Crippen LogP contribution < -0.4 is 4.74 Å². The maximum atomic E-state index is 14.4. The number of hydrogen-bond donors (Lipinski definition) is 1. The number of ketones is 1. The lowest BCUT2D eigenvalue weighted by atomic mass is 9.70. The molecule has 0 spiro atoms. The number of aryl methyl sites for hydroxylation is 1. The number of carbonyl (C=O) groups excluding carboxylic acids is 3. The van der Waals surface area contributed by atoms with Crippen molar-refractivity contribution in [3.8, 4) is 11.5 Å². The first kappa shape index (κ1) is 26.2. The van der Waals surface area contributed by atoms with Crippen molar-refractivity contribution in [3.05, 3.63) is 71.3 Å². The summed E-state index contributed by atoms with van der Waals surface area (Å²) in [5.74, 6) is -5.69. The standard InChI is InChI=1S/C26H23F3O8/c1-14-12-17(30)20-18(13-14)37-24(22(32)34-2)16(21(20)31)10-7-11-19(24)36-23(33)25(35-3,26(27,28)29)15-8-5-4-6-9-15/h4-9,11-13,16,19,30H,10H2,1-3H3/t16-,19-,24+,25+/m0/s1. The van der Waals surface area contributed by atoms with E-state index in [9.17, 15) is 32.7 Å². The maximum Gasteiger partial charge on any atom is 0.432 e. The Kier molecular flexibility index (Phi) is 6.53. The number of benzene rings is 2. The highest BCUT2D eigenvalue weighted by Crippen LogP contribution is 2.49. The van der Waals surface area contributed by atoms with Crippen LogP contribution in [0, 0.1) is 12.8 Å². The second-order valence-electron chi connectivity index (χ2n) is 8.70. The third-order valence-corrected chi connectivity index (χ3v) is 6.60. The third kappa shape index (κ3) is 3.85. The molecule has 4 atom stereocenters. The van der Waals surface area contributed by atoms with E-state index in [0.29, 0.717) is 12.7 Å². The van der Waals surface area contributed by atoms with Crippen molar-refractivity contribution in [2.45, 2.75) is 36.8 Å². The molecule has 1 aliphatic carbocycles. The lowest BCUT2D eigenvalue weighted by Crippen LogP contribution is -2.66. The van der Waals surface area contributed by atoms with E-state index in [1.165, 1.54) is 42.5 Å². The van der Waals surface area contributed by atoms with E-state index in [1.54, 1.807) is 6.92 Å². The molecule has 2 aliphatic rings. The fourth-order valence-corrected chi connectivity index (χ4v) is 4.88. The molecule has 1 N–H and O–H groups in total. The summed E-state index contributed by atoms with van der Waals surface area (Å²) in [5, 5.41) is 10.4. The number of ether oxygens (including phenoxy) is 4. The third-order valence-electron chi connectivity index (χ3n) is 6.60. The van der Waals surface area contributed by atoms with E-state index in [-0.39, 0.29) is 23.5 Å². The molecule has 2 aromatic rings. The molecule has 4 rings (SSSR count). The summed E-state index contributed by atoms with van der Waals surface area (Å²) in [6.07, 6.45) is -4.63. The minimum Gasteiger partial charge on any atom is -0.507 e. The number of carbonyl (C=O) groups is 3. The van der Waals surface area contributed by atoms with Gasteiger partial charge >= 0.3 is 18.1 Å². The van der Waals surface area contributed by atoms with Crippen molar-refractivity contribution < 1.29 is 51.6 Å². The molecular formula is C26H23F3O8. The minimum absolute atomic E-state index is 0.0951. The van der Waals surface area contributed by atoms with Gasteiger partial charge in [-0.3, -0.25) is 4.79 Å². The second-order valence-corrected chi connectivity index (χ2v) is 8.70. The lowest BCUT2D eigenvalue weighted by Gasteiger charge is -2.46. The van der Waals surface area contributed by atoms with Gasteiger partial charge in [0.15, 0.2) is 11.9 Å². The van der Waals surface area contributed by atoms with Gasteiger partial charge in [-0.1, -0.05) is 36.4 Å². The van der Waals surface area contributed by atoms with E-state index in [1.807, 2.05) is 0 Å². The number of phenols is 1. The number of hydrogen-bond acceptors (Lipinski definition) is 8. The molecule has 0 amide bonds. The molecule has 196 valence electrons. The highest BCUT2D eigenvalue weighted by molar-refractivity contribution is 6.08. The van der Waals surface area contributed by atoms with E-state index in [2.05, 4.69) is 0 Å². The van der Waals surface area contributed by atoms with Crippen molar-refractivity contribution in [1.29, 1.82) is 0 Å². The smallest absolute Gasteiger partial charge is 0.432 e. The van der Waals surface area contributed by atoms with Gasteiger partial charge in [0.2, 0.25) is 0 Å². The Bertz CT molecular complexity index is 1270. The normalized spacial score (nSPS) is 24.2. The van der Waals surface area contributed by atoms with Gasteiger partial charge in [-0.05, 0) is 37.1 Å². The molecule has 37 heavy (non-hydrogen) atoms. The van der Waals surface area contributed by atoms with Crippen molar-refractivity contribution in [3.63, 3.8) is 0 Å². The second kappa shape index (κ2) is 9.22. The van der Waals surface area contributed by atoms with Crippen LogP contribution in [0.3, 0.4) is 0 Å². The van der Waals surface area contributed by atoms with Crippen LogP contribution in [0.15, 0.2) is 54.6 Å². The van der Waals surface area contributed by atoms with E-state index in [0.717, 1.165) is 19.2 Å². The molecule has 0 aromatic heterocycles. The molecule has 1 heterocycles. The van der Waals surface area contributed by atoms with Gasteiger partial charge in [0.25, 0.3) is 11.2 Å². The fraction of sp³-hybridized carbons (Fsp3) is 0.346. The Morgan fingerprint density at radius 3 is 2.41 bits per heavy atom. The monoisotopic (exact) mass is 520 g/mol. The average Bonchev–Trinajstić information content (AvgIpc) is 2.84. The largest absolute Gasteiger partial charge is 0.507 e. The molecule has 8 nitrogen and oxygen atoms in total. The molecule has 2 aromatic carbocycles.